The van der Waals surface area contributed by atoms with Gasteiger partial charge in [0.2, 0.25) is 5.78 Å². The number of ether oxygens (including phenoxy) is 2. The molecule has 0 bridgehead atoms. The van der Waals surface area contributed by atoms with Gasteiger partial charge in [-0.25, -0.2) is 0 Å². The monoisotopic (exact) mass is 154 g/mol. The molecule has 3 heteroatoms. The van der Waals surface area contributed by atoms with Crippen LogP contribution in [0.15, 0.2) is 23.7 Å². The predicted molar refractivity (Wildman–Crippen MR) is 39.8 cm³/mol. The van der Waals surface area contributed by atoms with Crippen LogP contribution in [0.2, 0.25) is 0 Å². The molecule has 0 aromatic rings. The van der Waals surface area contributed by atoms with E-state index < -0.39 is 0 Å². The molecule has 0 radical (unpaired) electrons. The van der Waals surface area contributed by atoms with E-state index in [0.29, 0.717) is 17.9 Å². The zero-order valence-corrected chi connectivity index (χ0v) is 6.59. The second kappa shape index (κ2) is 3.23. The zero-order valence-electron chi connectivity index (χ0n) is 6.59. The van der Waals surface area contributed by atoms with Crippen LogP contribution in [-0.2, 0) is 14.3 Å². The van der Waals surface area contributed by atoms with Gasteiger partial charge in [0.1, 0.15) is 5.76 Å². The fourth-order valence-electron chi connectivity index (χ4n) is 0.878. The maximum Gasteiger partial charge on any atom is 0.201 e. The van der Waals surface area contributed by atoms with E-state index in [0.717, 1.165) is 0 Å². The molecule has 1 rings (SSSR count). The highest BCUT2D eigenvalue weighted by Gasteiger charge is 2.14. The number of hydrogen-bond acceptors (Lipinski definition) is 3. The van der Waals surface area contributed by atoms with Crippen LogP contribution in [0.4, 0.5) is 0 Å². The zero-order chi connectivity index (χ0) is 8.27. The van der Waals surface area contributed by atoms with Crippen LogP contribution in [0.1, 0.15) is 6.42 Å². The molecule has 1 aliphatic carbocycles. The van der Waals surface area contributed by atoms with Crippen molar-refractivity contribution in [2.24, 2.45) is 0 Å². The third kappa shape index (κ3) is 1.61. The third-order valence-corrected chi connectivity index (χ3v) is 1.49. The SMILES string of the molecule is COC1=CCC(=O)C(OC)=C1. The Balaban J connectivity index is 2.80. The lowest BCUT2D eigenvalue weighted by molar-refractivity contribution is -0.117. The summed E-state index contributed by atoms with van der Waals surface area (Å²) in [7, 11) is 3.04. The van der Waals surface area contributed by atoms with E-state index in [-0.39, 0.29) is 5.78 Å². The third-order valence-electron chi connectivity index (χ3n) is 1.49. The van der Waals surface area contributed by atoms with Crippen molar-refractivity contribution >= 4 is 5.78 Å². The Labute approximate surface area is 65.3 Å². The molecule has 0 unspecified atom stereocenters. The number of ketones is 1. The Hall–Kier alpha value is -1.25. The highest BCUT2D eigenvalue weighted by molar-refractivity contribution is 5.96. The van der Waals surface area contributed by atoms with Gasteiger partial charge in [-0.2, -0.15) is 0 Å². The summed E-state index contributed by atoms with van der Waals surface area (Å²) in [5, 5.41) is 0. The average molecular weight is 154 g/mol. The van der Waals surface area contributed by atoms with Crippen LogP contribution in [0.3, 0.4) is 0 Å². The molecule has 11 heavy (non-hydrogen) atoms. The van der Waals surface area contributed by atoms with E-state index in [1.807, 2.05) is 0 Å². The van der Waals surface area contributed by atoms with Crippen molar-refractivity contribution in [3.63, 3.8) is 0 Å². The number of methoxy groups -OCH3 is 2. The second-order valence-electron chi connectivity index (χ2n) is 2.15. The fraction of sp³-hybridized carbons (Fsp3) is 0.375. The smallest absolute Gasteiger partial charge is 0.201 e. The summed E-state index contributed by atoms with van der Waals surface area (Å²) in [6.45, 7) is 0. The van der Waals surface area contributed by atoms with Crippen LogP contribution in [0.5, 0.6) is 0 Å². The number of carbonyl (C=O) groups excluding carboxylic acids is 1. The lowest BCUT2D eigenvalue weighted by Crippen LogP contribution is -2.08. The lowest BCUT2D eigenvalue weighted by Gasteiger charge is -2.09. The van der Waals surface area contributed by atoms with Gasteiger partial charge in [-0.15, -0.1) is 0 Å². The van der Waals surface area contributed by atoms with Gasteiger partial charge in [0.25, 0.3) is 0 Å². The first-order valence-electron chi connectivity index (χ1n) is 3.31. The van der Waals surface area contributed by atoms with Crippen LogP contribution in [0, 0.1) is 0 Å². The molecular weight excluding hydrogens is 144 g/mol. The minimum absolute atomic E-state index is 0.00620. The predicted octanol–water partition coefficient (Wildman–Crippen LogP) is 1.02. The average Bonchev–Trinajstić information content (AvgIpc) is 2.05. The van der Waals surface area contributed by atoms with Gasteiger partial charge in [0.15, 0.2) is 5.76 Å². The normalized spacial score (nSPS) is 17.1. The number of rotatable bonds is 2. The molecule has 0 aromatic carbocycles. The largest absolute Gasteiger partial charge is 0.497 e. The number of hydrogen-bond donors (Lipinski definition) is 0. The van der Waals surface area contributed by atoms with Crippen LogP contribution >= 0.6 is 0 Å². The van der Waals surface area contributed by atoms with Crippen molar-refractivity contribution < 1.29 is 14.3 Å². The van der Waals surface area contributed by atoms with Crippen LogP contribution in [0.25, 0.3) is 0 Å². The highest BCUT2D eigenvalue weighted by atomic mass is 16.5. The molecule has 0 saturated heterocycles. The fourth-order valence-corrected chi connectivity index (χ4v) is 0.878. The Morgan fingerprint density at radius 3 is 2.64 bits per heavy atom. The van der Waals surface area contributed by atoms with E-state index in [4.69, 9.17) is 9.47 Å². The van der Waals surface area contributed by atoms with Gasteiger partial charge in [0, 0.05) is 12.5 Å². The first kappa shape index (κ1) is 7.85. The Morgan fingerprint density at radius 1 is 1.36 bits per heavy atom. The van der Waals surface area contributed by atoms with Crippen molar-refractivity contribution in [2.75, 3.05) is 14.2 Å². The van der Waals surface area contributed by atoms with Crippen molar-refractivity contribution in [2.45, 2.75) is 6.42 Å². The molecule has 0 atom stereocenters. The summed E-state index contributed by atoms with van der Waals surface area (Å²) in [5.74, 6) is 1.04. The maximum atomic E-state index is 11.0. The van der Waals surface area contributed by atoms with E-state index in [1.54, 1.807) is 19.3 Å². The summed E-state index contributed by atoms with van der Waals surface area (Å²) in [6.07, 6.45) is 3.68. The standard InChI is InChI=1S/C8H10O3/c1-10-6-3-4-7(9)8(5-6)11-2/h3,5H,4H2,1-2H3. The summed E-state index contributed by atoms with van der Waals surface area (Å²) >= 11 is 0. The maximum absolute atomic E-state index is 11.0. The lowest BCUT2D eigenvalue weighted by atomic mass is 10.1. The molecule has 0 fully saturated rings. The molecule has 0 aliphatic heterocycles. The first-order chi connectivity index (χ1) is 5.27. The van der Waals surface area contributed by atoms with Crippen LogP contribution in [-0.4, -0.2) is 20.0 Å². The van der Waals surface area contributed by atoms with Gasteiger partial charge < -0.3 is 9.47 Å². The van der Waals surface area contributed by atoms with E-state index in [1.165, 1.54) is 7.11 Å². The highest BCUT2D eigenvalue weighted by Crippen LogP contribution is 2.14. The van der Waals surface area contributed by atoms with Gasteiger partial charge >= 0.3 is 0 Å². The molecule has 0 spiro atoms. The van der Waals surface area contributed by atoms with Crippen LogP contribution < -0.4 is 0 Å². The Morgan fingerprint density at radius 2 is 2.09 bits per heavy atom. The van der Waals surface area contributed by atoms with E-state index >= 15 is 0 Å². The summed E-state index contributed by atoms with van der Waals surface area (Å²) in [6, 6.07) is 0. The molecule has 0 heterocycles. The summed E-state index contributed by atoms with van der Waals surface area (Å²) < 4.78 is 9.75. The van der Waals surface area contributed by atoms with E-state index in [2.05, 4.69) is 0 Å². The molecule has 0 amide bonds. The summed E-state index contributed by atoms with van der Waals surface area (Å²) in [5.41, 5.74) is 0. The first-order valence-corrected chi connectivity index (χ1v) is 3.31. The van der Waals surface area contributed by atoms with Crippen molar-refractivity contribution in [3.05, 3.63) is 23.7 Å². The number of allylic oxidation sites excluding steroid dienone is 3. The van der Waals surface area contributed by atoms with Gasteiger partial charge in [-0.1, -0.05) is 0 Å². The topological polar surface area (TPSA) is 35.5 Å². The van der Waals surface area contributed by atoms with Gasteiger partial charge in [-0.3, -0.25) is 4.79 Å². The molecule has 0 N–H and O–H groups in total. The van der Waals surface area contributed by atoms with Crippen molar-refractivity contribution in [1.29, 1.82) is 0 Å². The minimum atomic E-state index is -0.00620. The Bertz CT molecular complexity index is 225. The van der Waals surface area contributed by atoms with Gasteiger partial charge in [-0.05, 0) is 6.08 Å². The van der Waals surface area contributed by atoms with Crippen molar-refractivity contribution in [1.82, 2.24) is 0 Å². The van der Waals surface area contributed by atoms with Gasteiger partial charge in [0.05, 0.1) is 14.2 Å². The molecule has 0 aromatic heterocycles. The molecular formula is C8H10O3. The summed E-state index contributed by atoms with van der Waals surface area (Å²) in [4.78, 5) is 11.0. The molecule has 60 valence electrons. The Kier molecular flexibility index (Phi) is 2.31. The molecule has 3 nitrogen and oxygen atoms in total. The second-order valence-corrected chi connectivity index (χ2v) is 2.15. The minimum Gasteiger partial charge on any atom is -0.497 e. The molecule has 1 aliphatic rings. The number of carbonyl (C=O) groups is 1. The number of Topliss-reactive ketones (excluding diaryl/α,β-unsaturated/α-hetero) is 1. The van der Waals surface area contributed by atoms with E-state index in [9.17, 15) is 4.79 Å². The quantitative estimate of drug-likeness (QED) is 0.595. The van der Waals surface area contributed by atoms with Crippen molar-refractivity contribution in [3.8, 4) is 0 Å². The molecule has 0 saturated carbocycles.